The average Bonchev–Trinajstić information content (AvgIpc) is 3.51. The van der Waals surface area contributed by atoms with E-state index in [1.54, 1.807) is 11.7 Å². The number of hydrogen-bond donors (Lipinski definition) is 3. The van der Waals surface area contributed by atoms with Crippen LogP contribution in [-0.2, 0) is 6.42 Å². The van der Waals surface area contributed by atoms with Crippen molar-refractivity contribution in [3.8, 4) is 22.2 Å². The molecule has 1 atom stereocenters. The van der Waals surface area contributed by atoms with Gasteiger partial charge in [0.2, 0.25) is 11.8 Å². The summed E-state index contributed by atoms with van der Waals surface area (Å²) >= 11 is 1.50. The third-order valence-corrected chi connectivity index (χ3v) is 6.81. The van der Waals surface area contributed by atoms with Gasteiger partial charge in [0.15, 0.2) is 0 Å². The fourth-order valence-corrected chi connectivity index (χ4v) is 4.99. The zero-order chi connectivity index (χ0) is 23.5. The van der Waals surface area contributed by atoms with Crippen LogP contribution < -0.4 is 15.4 Å². The zero-order valence-corrected chi connectivity index (χ0v) is 19.9. The van der Waals surface area contributed by atoms with Gasteiger partial charge in [0.25, 0.3) is 0 Å². The van der Waals surface area contributed by atoms with Gasteiger partial charge in [0.1, 0.15) is 16.5 Å². The van der Waals surface area contributed by atoms with Gasteiger partial charge in [-0.1, -0.05) is 24.3 Å². The Kier molecular flexibility index (Phi) is 6.08. The van der Waals surface area contributed by atoms with E-state index in [2.05, 4.69) is 36.6 Å². The van der Waals surface area contributed by atoms with Gasteiger partial charge in [0.05, 0.1) is 22.2 Å². The second-order valence-electron chi connectivity index (χ2n) is 8.57. The Morgan fingerprint density at radius 3 is 2.94 bits per heavy atom. The predicted molar refractivity (Wildman–Crippen MR) is 138 cm³/mol. The van der Waals surface area contributed by atoms with Crippen molar-refractivity contribution < 1.29 is 4.74 Å². The Balaban J connectivity index is 1.19. The number of rotatable bonds is 7. The summed E-state index contributed by atoms with van der Waals surface area (Å²) in [6.07, 6.45) is 4.73. The van der Waals surface area contributed by atoms with Crippen LogP contribution in [0.25, 0.3) is 21.6 Å². The smallest absolute Gasteiger partial charge is 0.239 e. The van der Waals surface area contributed by atoms with Crippen molar-refractivity contribution in [2.75, 3.05) is 18.4 Å². The lowest BCUT2D eigenvalue weighted by Gasteiger charge is -2.23. The van der Waals surface area contributed by atoms with Gasteiger partial charge < -0.3 is 20.4 Å². The molecule has 0 bridgehead atoms. The van der Waals surface area contributed by atoms with Gasteiger partial charge in [-0.25, -0.2) is 19.9 Å². The summed E-state index contributed by atoms with van der Waals surface area (Å²) in [5, 5.41) is 6.85. The number of fused-ring (bicyclic) bond motifs is 1. The number of thiazole rings is 1. The van der Waals surface area contributed by atoms with E-state index in [0.717, 1.165) is 64.7 Å². The first-order chi connectivity index (χ1) is 17.3. The molecular formula is C26H25N7OS. The number of aromatic amines is 1. The minimum atomic E-state index is 0.339. The van der Waals surface area contributed by atoms with E-state index in [1.165, 1.54) is 11.3 Å². The highest BCUT2D eigenvalue weighted by atomic mass is 32.1. The number of nitrogens with one attached hydrogen (secondary N) is 3. The normalized spacial score (nSPS) is 15.8. The molecule has 3 aromatic heterocycles. The van der Waals surface area contributed by atoms with Crippen LogP contribution >= 0.6 is 11.3 Å². The van der Waals surface area contributed by atoms with Crippen LogP contribution in [0.4, 0.5) is 5.95 Å². The van der Waals surface area contributed by atoms with Crippen LogP contribution in [0.2, 0.25) is 0 Å². The SMILES string of the molecule is c1cc(Cc2nc3ccccc3[nH]2)cc(Oc2ncsc2-c2ccnc(N[C@H]3CCCNC3)n2)c1. The largest absolute Gasteiger partial charge is 0.437 e. The van der Waals surface area contributed by atoms with Crippen molar-refractivity contribution in [1.82, 2.24) is 30.2 Å². The number of imidazole rings is 1. The van der Waals surface area contributed by atoms with Crippen molar-refractivity contribution in [3.05, 3.63) is 77.7 Å². The van der Waals surface area contributed by atoms with Gasteiger partial charge >= 0.3 is 0 Å². The van der Waals surface area contributed by atoms with Crippen molar-refractivity contribution in [1.29, 1.82) is 0 Å². The number of anilines is 1. The van der Waals surface area contributed by atoms with Crippen LogP contribution in [0.1, 0.15) is 24.2 Å². The zero-order valence-electron chi connectivity index (χ0n) is 19.1. The van der Waals surface area contributed by atoms with E-state index in [0.29, 0.717) is 24.3 Å². The quantitative estimate of drug-likeness (QED) is 0.299. The molecule has 4 heterocycles. The molecule has 0 aliphatic carbocycles. The Labute approximate surface area is 206 Å². The van der Waals surface area contributed by atoms with Gasteiger partial charge in [-0.15, -0.1) is 11.3 Å². The van der Waals surface area contributed by atoms with E-state index in [-0.39, 0.29) is 0 Å². The summed E-state index contributed by atoms with van der Waals surface area (Å²) in [7, 11) is 0. The molecule has 6 rings (SSSR count). The van der Waals surface area contributed by atoms with E-state index in [9.17, 15) is 0 Å². The second-order valence-corrected chi connectivity index (χ2v) is 9.42. The number of aromatic nitrogens is 5. The molecule has 0 saturated carbocycles. The van der Waals surface area contributed by atoms with E-state index in [4.69, 9.17) is 9.72 Å². The highest BCUT2D eigenvalue weighted by Gasteiger charge is 2.17. The molecule has 2 aromatic carbocycles. The molecule has 176 valence electrons. The lowest BCUT2D eigenvalue weighted by molar-refractivity contribution is 0.467. The standard InChI is InChI=1S/C26H25N7OS/c1-2-9-21-20(8-1)31-23(32-21)14-17-5-3-7-19(13-17)34-25-24(35-16-29-25)22-10-12-28-26(33-22)30-18-6-4-11-27-15-18/h1-3,5,7-10,12-13,16,18,27H,4,6,11,14-15H2,(H,31,32)(H,28,30,33)/t18-/m0/s1. The Bertz CT molecular complexity index is 1410. The molecule has 5 aromatic rings. The lowest BCUT2D eigenvalue weighted by Crippen LogP contribution is -2.38. The molecule has 0 amide bonds. The molecule has 1 saturated heterocycles. The molecular weight excluding hydrogens is 458 g/mol. The molecule has 0 spiro atoms. The number of H-pyrrole nitrogens is 1. The fourth-order valence-electron chi connectivity index (χ4n) is 4.30. The summed E-state index contributed by atoms with van der Waals surface area (Å²) in [4.78, 5) is 22.6. The van der Waals surface area contributed by atoms with Crippen molar-refractivity contribution >= 4 is 28.3 Å². The molecule has 35 heavy (non-hydrogen) atoms. The molecule has 0 unspecified atom stereocenters. The number of para-hydroxylation sites is 2. The first-order valence-electron chi connectivity index (χ1n) is 11.7. The lowest BCUT2D eigenvalue weighted by atomic mass is 10.1. The summed E-state index contributed by atoms with van der Waals surface area (Å²) < 4.78 is 6.21. The number of piperidine rings is 1. The maximum Gasteiger partial charge on any atom is 0.239 e. The van der Waals surface area contributed by atoms with Gasteiger partial charge in [0, 0.05) is 25.2 Å². The first-order valence-corrected chi connectivity index (χ1v) is 12.6. The number of nitrogens with zero attached hydrogens (tertiary/aromatic N) is 4. The maximum absolute atomic E-state index is 6.21. The topological polar surface area (TPSA) is 101 Å². The third kappa shape index (κ3) is 5.01. The van der Waals surface area contributed by atoms with Crippen LogP contribution in [0.5, 0.6) is 11.6 Å². The molecule has 1 fully saturated rings. The van der Waals surface area contributed by atoms with Crippen LogP contribution in [-0.4, -0.2) is 44.1 Å². The predicted octanol–water partition coefficient (Wildman–Crippen LogP) is 5.02. The van der Waals surface area contributed by atoms with E-state index >= 15 is 0 Å². The number of benzene rings is 2. The Morgan fingerprint density at radius 2 is 2.03 bits per heavy atom. The van der Waals surface area contributed by atoms with Crippen LogP contribution in [0.3, 0.4) is 0 Å². The second kappa shape index (κ2) is 9.81. The maximum atomic E-state index is 6.21. The molecule has 1 aliphatic heterocycles. The van der Waals surface area contributed by atoms with Gasteiger partial charge in [-0.05, 0) is 55.3 Å². The summed E-state index contributed by atoms with van der Waals surface area (Å²) in [6, 6.07) is 18.3. The molecule has 9 heteroatoms. The third-order valence-electron chi connectivity index (χ3n) is 5.98. The molecule has 0 radical (unpaired) electrons. The van der Waals surface area contributed by atoms with Crippen molar-refractivity contribution in [3.63, 3.8) is 0 Å². The monoisotopic (exact) mass is 483 g/mol. The van der Waals surface area contributed by atoms with Crippen molar-refractivity contribution in [2.24, 2.45) is 0 Å². The van der Waals surface area contributed by atoms with Crippen LogP contribution in [0, 0.1) is 0 Å². The Hall–Kier alpha value is -3.82. The van der Waals surface area contributed by atoms with E-state index in [1.807, 2.05) is 48.5 Å². The molecule has 8 nitrogen and oxygen atoms in total. The molecule has 1 aliphatic rings. The Morgan fingerprint density at radius 1 is 1.06 bits per heavy atom. The van der Waals surface area contributed by atoms with Gasteiger partial charge in [-0.3, -0.25) is 0 Å². The summed E-state index contributed by atoms with van der Waals surface area (Å²) in [5.74, 6) is 2.82. The average molecular weight is 484 g/mol. The molecule has 3 N–H and O–H groups in total. The fraction of sp³-hybridized carbons (Fsp3) is 0.231. The van der Waals surface area contributed by atoms with Crippen LogP contribution in [0.15, 0.2) is 66.3 Å². The summed E-state index contributed by atoms with van der Waals surface area (Å²) in [5.41, 5.74) is 5.69. The number of ether oxygens (including phenoxy) is 1. The summed E-state index contributed by atoms with van der Waals surface area (Å²) in [6.45, 7) is 1.99. The minimum absolute atomic E-state index is 0.339. The highest BCUT2D eigenvalue weighted by molar-refractivity contribution is 7.13. The highest BCUT2D eigenvalue weighted by Crippen LogP contribution is 2.35. The minimum Gasteiger partial charge on any atom is -0.437 e. The van der Waals surface area contributed by atoms with E-state index < -0.39 is 0 Å². The van der Waals surface area contributed by atoms with Gasteiger partial charge in [-0.2, -0.15) is 0 Å². The first kappa shape index (κ1) is 21.7. The number of hydrogen-bond acceptors (Lipinski definition) is 8. The van der Waals surface area contributed by atoms with Crippen molar-refractivity contribution in [2.45, 2.75) is 25.3 Å².